The molecular weight excluding hydrogens is 300 g/mol. The van der Waals surface area contributed by atoms with Gasteiger partial charge in [-0.15, -0.1) is 0 Å². The maximum Gasteiger partial charge on any atom is 0.297 e. The van der Waals surface area contributed by atoms with Crippen molar-refractivity contribution in [3.8, 4) is 5.75 Å². The smallest absolute Gasteiger partial charge is 0.297 e. The lowest BCUT2D eigenvalue weighted by Crippen LogP contribution is -2.13. The highest BCUT2D eigenvalue weighted by molar-refractivity contribution is 7.86. The number of hydrogen-bond acceptors (Lipinski definition) is 4. The minimum absolute atomic E-state index is 0.0243. The van der Waals surface area contributed by atoms with Gasteiger partial charge in [-0.05, 0) is 44.5 Å². The molecule has 0 aromatic heterocycles. The summed E-state index contributed by atoms with van der Waals surface area (Å²) in [6.45, 7) is 6.01. The quantitative estimate of drug-likeness (QED) is 0.605. The first-order valence-corrected chi connectivity index (χ1v) is 8.45. The van der Waals surface area contributed by atoms with Crippen LogP contribution in [0.4, 0.5) is 0 Å². The number of benzene rings is 2. The predicted molar refractivity (Wildman–Crippen MR) is 85.7 cm³/mol. The number of rotatable bonds is 6. The summed E-state index contributed by atoms with van der Waals surface area (Å²) in [7, 11) is -3.73. The Balaban J connectivity index is 1.89. The number of aryl methyl sites for hydroxylation is 3. The predicted octanol–water partition coefficient (Wildman–Crippen LogP) is 3.40. The molecule has 2 rings (SSSR count). The van der Waals surface area contributed by atoms with Gasteiger partial charge in [0.25, 0.3) is 10.1 Å². The van der Waals surface area contributed by atoms with E-state index in [9.17, 15) is 8.42 Å². The van der Waals surface area contributed by atoms with Gasteiger partial charge in [-0.2, -0.15) is 8.42 Å². The van der Waals surface area contributed by atoms with E-state index in [-0.39, 0.29) is 18.1 Å². The third-order valence-corrected chi connectivity index (χ3v) is 4.55. The average molecular weight is 320 g/mol. The third kappa shape index (κ3) is 4.32. The number of ether oxygens (including phenoxy) is 1. The lowest BCUT2D eigenvalue weighted by molar-refractivity contribution is 0.220. The molecule has 4 nitrogen and oxygen atoms in total. The Kier molecular flexibility index (Phi) is 5.21. The second-order valence-electron chi connectivity index (χ2n) is 5.21. The summed E-state index contributed by atoms with van der Waals surface area (Å²) < 4.78 is 34.5. The van der Waals surface area contributed by atoms with Crippen molar-refractivity contribution in [3.63, 3.8) is 0 Å². The lowest BCUT2D eigenvalue weighted by atomic mass is 10.1. The van der Waals surface area contributed by atoms with E-state index in [1.807, 2.05) is 39.0 Å². The van der Waals surface area contributed by atoms with Crippen LogP contribution in [0.1, 0.15) is 16.7 Å². The second kappa shape index (κ2) is 6.94. The molecule has 2 aromatic rings. The van der Waals surface area contributed by atoms with Crippen molar-refractivity contribution in [3.05, 3.63) is 59.2 Å². The first-order valence-electron chi connectivity index (χ1n) is 7.04. The van der Waals surface area contributed by atoms with E-state index in [2.05, 4.69) is 0 Å². The van der Waals surface area contributed by atoms with Gasteiger partial charge in [-0.1, -0.05) is 35.4 Å². The molecule has 22 heavy (non-hydrogen) atoms. The van der Waals surface area contributed by atoms with Crippen molar-refractivity contribution in [1.29, 1.82) is 0 Å². The first kappa shape index (κ1) is 16.5. The fraction of sp³-hybridized carbons (Fsp3) is 0.294. The lowest BCUT2D eigenvalue weighted by Gasteiger charge is -2.10. The van der Waals surface area contributed by atoms with E-state index in [0.29, 0.717) is 0 Å². The Hall–Kier alpha value is -1.85. The largest absolute Gasteiger partial charge is 0.491 e. The Bertz CT molecular complexity index is 734. The van der Waals surface area contributed by atoms with Crippen LogP contribution in [-0.4, -0.2) is 21.6 Å². The van der Waals surface area contributed by atoms with Crippen LogP contribution in [-0.2, 0) is 14.3 Å². The molecule has 0 amide bonds. The summed E-state index contributed by atoms with van der Waals surface area (Å²) in [6, 6.07) is 12.4. The Morgan fingerprint density at radius 3 is 2.14 bits per heavy atom. The maximum absolute atomic E-state index is 12.0. The van der Waals surface area contributed by atoms with E-state index in [1.54, 1.807) is 12.1 Å². The van der Waals surface area contributed by atoms with Crippen LogP contribution in [0.25, 0.3) is 0 Å². The minimum Gasteiger partial charge on any atom is -0.491 e. The van der Waals surface area contributed by atoms with Crippen LogP contribution in [0.15, 0.2) is 47.4 Å². The van der Waals surface area contributed by atoms with Gasteiger partial charge < -0.3 is 4.74 Å². The van der Waals surface area contributed by atoms with E-state index < -0.39 is 10.1 Å². The van der Waals surface area contributed by atoms with Gasteiger partial charge in [0, 0.05) is 0 Å². The van der Waals surface area contributed by atoms with Gasteiger partial charge in [-0.25, -0.2) is 0 Å². The zero-order chi connectivity index (χ0) is 16.2. The van der Waals surface area contributed by atoms with Crippen LogP contribution in [0, 0.1) is 20.8 Å². The van der Waals surface area contributed by atoms with Gasteiger partial charge in [0.2, 0.25) is 0 Å². The SMILES string of the molecule is Cc1ccc(S(=O)(=O)OCCOc2ccc(C)cc2C)cc1. The molecule has 0 spiro atoms. The van der Waals surface area contributed by atoms with E-state index in [0.717, 1.165) is 22.4 Å². The Morgan fingerprint density at radius 2 is 1.50 bits per heavy atom. The summed E-state index contributed by atoms with van der Waals surface area (Å²) >= 11 is 0. The standard InChI is InChI=1S/C17H20O4S/c1-13-4-7-16(8-5-13)22(18,19)21-11-10-20-17-9-6-14(2)12-15(17)3/h4-9,12H,10-11H2,1-3H3. The van der Waals surface area contributed by atoms with Crippen LogP contribution in [0.2, 0.25) is 0 Å². The van der Waals surface area contributed by atoms with Gasteiger partial charge in [-0.3, -0.25) is 4.18 Å². The van der Waals surface area contributed by atoms with Gasteiger partial charge in [0.15, 0.2) is 0 Å². The van der Waals surface area contributed by atoms with Crippen LogP contribution < -0.4 is 4.74 Å². The molecule has 0 unspecified atom stereocenters. The molecule has 0 atom stereocenters. The topological polar surface area (TPSA) is 52.6 Å². The second-order valence-corrected chi connectivity index (χ2v) is 6.82. The number of hydrogen-bond donors (Lipinski definition) is 0. The van der Waals surface area contributed by atoms with Gasteiger partial charge in [0.05, 0.1) is 4.90 Å². The van der Waals surface area contributed by atoms with Crippen molar-refractivity contribution in [1.82, 2.24) is 0 Å². The summed E-state index contributed by atoms with van der Waals surface area (Å²) in [5, 5.41) is 0. The summed E-state index contributed by atoms with van der Waals surface area (Å²) in [6.07, 6.45) is 0. The molecule has 0 radical (unpaired) electrons. The summed E-state index contributed by atoms with van der Waals surface area (Å²) in [4.78, 5) is 0.157. The van der Waals surface area contributed by atoms with E-state index >= 15 is 0 Å². The molecule has 0 saturated heterocycles. The van der Waals surface area contributed by atoms with Crippen molar-refractivity contribution >= 4 is 10.1 Å². The van der Waals surface area contributed by atoms with Crippen LogP contribution in [0.3, 0.4) is 0 Å². The fourth-order valence-corrected chi connectivity index (χ4v) is 2.92. The van der Waals surface area contributed by atoms with Gasteiger partial charge in [0.1, 0.15) is 19.0 Å². The molecule has 0 bridgehead atoms. The van der Waals surface area contributed by atoms with E-state index in [1.165, 1.54) is 12.1 Å². The zero-order valence-corrected chi connectivity index (χ0v) is 13.8. The summed E-state index contributed by atoms with van der Waals surface area (Å²) in [5.74, 6) is 0.738. The minimum atomic E-state index is -3.73. The molecule has 0 heterocycles. The van der Waals surface area contributed by atoms with Crippen LogP contribution >= 0.6 is 0 Å². The normalized spacial score (nSPS) is 11.4. The first-order chi connectivity index (χ1) is 10.4. The highest BCUT2D eigenvalue weighted by Gasteiger charge is 2.14. The van der Waals surface area contributed by atoms with Gasteiger partial charge >= 0.3 is 0 Å². The highest BCUT2D eigenvalue weighted by Crippen LogP contribution is 2.19. The molecule has 0 aliphatic rings. The zero-order valence-electron chi connectivity index (χ0n) is 13.0. The van der Waals surface area contributed by atoms with Crippen molar-refractivity contribution < 1.29 is 17.3 Å². The average Bonchev–Trinajstić information content (AvgIpc) is 2.46. The van der Waals surface area contributed by atoms with E-state index in [4.69, 9.17) is 8.92 Å². The summed E-state index contributed by atoms with van der Waals surface area (Å²) in [5.41, 5.74) is 3.17. The molecule has 0 aliphatic heterocycles. The molecule has 0 N–H and O–H groups in total. The molecule has 0 fully saturated rings. The Labute approximate surface area is 131 Å². The third-order valence-electron chi connectivity index (χ3n) is 3.22. The van der Waals surface area contributed by atoms with Crippen molar-refractivity contribution in [2.45, 2.75) is 25.7 Å². The van der Waals surface area contributed by atoms with Crippen molar-refractivity contribution in [2.75, 3.05) is 13.2 Å². The Morgan fingerprint density at radius 1 is 0.864 bits per heavy atom. The maximum atomic E-state index is 12.0. The molecular formula is C17H20O4S. The molecule has 118 valence electrons. The fourth-order valence-electron chi connectivity index (χ4n) is 2.03. The monoisotopic (exact) mass is 320 g/mol. The molecule has 0 saturated carbocycles. The molecule has 0 aliphatic carbocycles. The highest BCUT2D eigenvalue weighted by atomic mass is 32.2. The van der Waals surface area contributed by atoms with Crippen LogP contribution in [0.5, 0.6) is 5.75 Å². The molecule has 2 aromatic carbocycles. The molecule has 5 heteroatoms. The van der Waals surface area contributed by atoms with Crippen molar-refractivity contribution in [2.24, 2.45) is 0 Å².